The number of para-hydroxylation sites is 2. The summed E-state index contributed by atoms with van der Waals surface area (Å²) in [5, 5.41) is 1.71. The van der Waals surface area contributed by atoms with Crippen LogP contribution in [0.15, 0.2) is 116 Å². The van der Waals surface area contributed by atoms with Crippen molar-refractivity contribution in [2.75, 3.05) is 9.96 Å². The quantitative estimate of drug-likeness (QED) is 0.433. The topological polar surface area (TPSA) is 62.7 Å². The maximum atomic E-state index is 14.5. The fraction of sp³-hybridized carbons (Fsp3) is 0.107. The minimum Gasteiger partial charge on any atom is -0.273 e. The van der Waals surface area contributed by atoms with Crippen LogP contribution < -0.4 is 9.96 Å². The zero-order chi connectivity index (χ0) is 23.1. The van der Waals surface area contributed by atoms with E-state index in [4.69, 9.17) is 4.84 Å². The van der Waals surface area contributed by atoms with Crippen LogP contribution in [0, 0.1) is 0 Å². The Labute approximate surface area is 197 Å². The molecule has 2 fully saturated rings. The highest BCUT2D eigenvalue weighted by Gasteiger charge is 2.72. The van der Waals surface area contributed by atoms with Crippen molar-refractivity contribution in [3.63, 3.8) is 0 Å². The van der Waals surface area contributed by atoms with E-state index in [9.17, 15) is 9.59 Å². The van der Waals surface area contributed by atoms with E-state index in [-0.39, 0.29) is 11.8 Å². The van der Waals surface area contributed by atoms with Crippen molar-refractivity contribution >= 4 is 23.2 Å². The van der Waals surface area contributed by atoms with Crippen LogP contribution in [-0.2, 0) is 19.8 Å². The van der Waals surface area contributed by atoms with Gasteiger partial charge < -0.3 is 0 Å². The van der Waals surface area contributed by atoms with Gasteiger partial charge in [0.1, 0.15) is 11.5 Å². The summed E-state index contributed by atoms with van der Waals surface area (Å²) in [5.74, 6) is -0.683. The molecule has 2 aliphatic heterocycles. The number of nitrogens with zero attached hydrogens (tertiary/aromatic N) is 3. The third kappa shape index (κ3) is 2.82. The molecular formula is C28H21N3O3. The summed E-state index contributed by atoms with van der Waals surface area (Å²) < 4.78 is 0. The molecule has 0 radical (unpaired) electrons. The van der Waals surface area contributed by atoms with Gasteiger partial charge in [-0.25, -0.2) is 9.96 Å². The smallest absolute Gasteiger partial charge is 0.267 e. The fourth-order valence-electron chi connectivity index (χ4n) is 5.15. The first kappa shape index (κ1) is 20.3. The van der Waals surface area contributed by atoms with Crippen LogP contribution in [0.5, 0.6) is 0 Å². The Morgan fingerprint density at radius 3 is 1.88 bits per heavy atom. The first-order valence-electron chi connectivity index (χ1n) is 11.1. The van der Waals surface area contributed by atoms with Gasteiger partial charge in [-0.15, -0.1) is 0 Å². The number of benzene rings is 3. The number of anilines is 2. The molecule has 3 unspecified atom stereocenters. The van der Waals surface area contributed by atoms with Gasteiger partial charge in [0.05, 0.1) is 11.4 Å². The third-order valence-corrected chi connectivity index (χ3v) is 6.60. The number of aromatic nitrogens is 1. The van der Waals surface area contributed by atoms with Gasteiger partial charge in [-0.05, 0) is 47.5 Å². The first-order valence-corrected chi connectivity index (χ1v) is 11.1. The molecule has 0 saturated carbocycles. The highest BCUT2D eigenvalue weighted by atomic mass is 16.7. The van der Waals surface area contributed by atoms with E-state index in [1.54, 1.807) is 29.6 Å². The van der Waals surface area contributed by atoms with Gasteiger partial charge in [0.25, 0.3) is 5.91 Å². The molecule has 0 N–H and O–H groups in total. The minimum absolute atomic E-state index is 0.305. The van der Waals surface area contributed by atoms with Crippen LogP contribution in [0.4, 0.5) is 11.4 Å². The average Bonchev–Trinajstić information content (AvgIpc) is 3.37. The Hall–Kier alpha value is -4.29. The molecule has 2 amide bonds. The molecule has 2 saturated heterocycles. The standard InChI is InChI=1S/C28H21N3O3/c32-26-25-28(21-10-4-1-5-11-21,27(33)30(26)22-12-6-2-7-13-22)24(20-16-18-29-19-17-20)31(34-25)23-14-8-3-9-15-23/h1-19,24-25H. The lowest BCUT2D eigenvalue weighted by Gasteiger charge is -2.35. The second-order valence-electron chi connectivity index (χ2n) is 8.38. The largest absolute Gasteiger partial charge is 0.273 e. The maximum absolute atomic E-state index is 14.5. The fourth-order valence-corrected chi connectivity index (χ4v) is 5.15. The molecule has 3 atom stereocenters. The van der Waals surface area contributed by atoms with Crippen molar-refractivity contribution in [1.82, 2.24) is 4.98 Å². The van der Waals surface area contributed by atoms with E-state index in [2.05, 4.69) is 4.98 Å². The van der Waals surface area contributed by atoms with Crippen molar-refractivity contribution in [3.05, 3.63) is 127 Å². The normalized spacial score (nSPS) is 23.9. The molecule has 0 bridgehead atoms. The Kier molecular flexibility index (Phi) is 4.74. The summed E-state index contributed by atoms with van der Waals surface area (Å²) in [6.45, 7) is 0. The van der Waals surface area contributed by atoms with Gasteiger partial charge in [0.15, 0.2) is 6.10 Å². The van der Waals surface area contributed by atoms with Gasteiger partial charge in [0.2, 0.25) is 5.91 Å². The monoisotopic (exact) mass is 447 g/mol. The van der Waals surface area contributed by atoms with Gasteiger partial charge in [-0.1, -0.05) is 66.7 Å². The molecule has 0 spiro atoms. The van der Waals surface area contributed by atoms with E-state index in [1.165, 1.54) is 4.90 Å². The van der Waals surface area contributed by atoms with Crippen molar-refractivity contribution in [3.8, 4) is 0 Å². The molecule has 34 heavy (non-hydrogen) atoms. The first-order chi connectivity index (χ1) is 16.7. The second kappa shape index (κ2) is 7.93. The van der Waals surface area contributed by atoms with Gasteiger partial charge >= 0.3 is 0 Å². The lowest BCUT2D eigenvalue weighted by Crippen LogP contribution is -2.46. The number of amides is 2. The molecule has 0 aliphatic carbocycles. The molecule has 166 valence electrons. The van der Waals surface area contributed by atoms with Crippen molar-refractivity contribution in [1.29, 1.82) is 0 Å². The lowest BCUT2D eigenvalue weighted by atomic mass is 9.69. The van der Waals surface area contributed by atoms with Gasteiger partial charge in [0, 0.05) is 12.4 Å². The van der Waals surface area contributed by atoms with E-state index in [1.807, 2.05) is 91.0 Å². The van der Waals surface area contributed by atoms with Crippen LogP contribution in [0.1, 0.15) is 17.2 Å². The van der Waals surface area contributed by atoms with Crippen molar-refractivity contribution < 1.29 is 14.4 Å². The van der Waals surface area contributed by atoms with E-state index < -0.39 is 17.6 Å². The number of imide groups is 1. The SMILES string of the molecule is O=C1C2ON(c3ccccc3)C(c3ccncc3)C2(c2ccccc2)C(=O)N1c1ccccc1. The highest BCUT2D eigenvalue weighted by Crippen LogP contribution is 2.56. The molecular weight excluding hydrogens is 426 g/mol. The molecule has 3 heterocycles. The number of carbonyl (C=O) groups is 2. The number of hydrogen-bond donors (Lipinski definition) is 0. The number of rotatable bonds is 4. The van der Waals surface area contributed by atoms with Gasteiger partial charge in [-0.2, -0.15) is 0 Å². The van der Waals surface area contributed by atoms with E-state index in [0.717, 1.165) is 16.8 Å². The Balaban J connectivity index is 1.62. The van der Waals surface area contributed by atoms with Crippen LogP contribution in [0.3, 0.4) is 0 Å². The van der Waals surface area contributed by atoms with Crippen LogP contribution >= 0.6 is 0 Å². The number of carbonyl (C=O) groups excluding carboxylic acids is 2. The van der Waals surface area contributed by atoms with E-state index >= 15 is 0 Å². The molecule has 6 nitrogen and oxygen atoms in total. The zero-order valence-corrected chi connectivity index (χ0v) is 18.2. The number of fused-ring (bicyclic) bond motifs is 1. The molecule has 6 heteroatoms. The molecule has 1 aromatic heterocycles. The van der Waals surface area contributed by atoms with E-state index in [0.29, 0.717) is 5.69 Å². The number of hydrogen-bond acceptors (Lipinski definition) is 5. The summed E-state index contributed by atoms with van der Waals surface area (Å²) in [5.41, 5.74) is 1.58. The summed E-state index contributed by atoms with van der Waals surface area (Å²) in [7, 11) is 0. The number of pyridine rings is 1. The van der Waals surface area contributed by atoms with Gasteiger partial charge in [-0.3, -0.25) is 19.4 Å². The predicted octanol–water partition coefficient (Wildman–Crippen LogP) is 4.45. The Morgan fingerprint density at radius 1 is 0.706 bits per heavy atom. The number of hydroxylamine groups is 1. The third-order valence-electron chi connectivity index (χ3n) is 6.60. The zero-order valence-electron chi connectivity index (χ0n) is 18.2. The summed E-state index contributed by atoms with van der Waals surface area (Å²) in [4.78, 5) is 40.2. The molecule has 6 rings (SSSR count). The Morgan fingerprint density at radius 2 is 1.26 bits per heavy atom. The maximum Gasteiger partial charge on any atom is 0.267 e. The van der Waals surface area contributed by atoms with Crippen LogP contribution in [0.2, 0.25) is 0 Å². The summed E-state index contributed by atoms with van der Waals surface area (Å²) >= 11 is 0. The second-order valence-corrected chi connectivity index (χ2v) is 8.38. The minimum atomic E-state index is -1.29. The van der Waals surface area contributed by atoms with Crippen molar-refractivity contribution in [2.45, 2.75) is 17.6 Å². The van der Waals surface area contributed by atoms with Crippen molar-refractivity contribution in [2.24, 2.45) is 0 Å². The van der Waals surface area contributed by atoms with Crippen LogP contribution in [0.25, 0.3) is 0 Å². The summed E-state index contributed by atoms with van der Waals surface area (Å²) in [6.07, 6.45) is 2.36. The predicted molar refractivity (Wildman–Crippen MR) is 128 cm³/mol. The lowest BCUT2D eigenvalue weighted by molar-refractivity contribution is -0.126. The highest BCUT2D eigenvalue weighted by molar-refractivity contribution is 6.28. The van der Waals surface area contributed by atoms with Crippen LogP contribution in [-0.4, -0.2) is 22.9 Å². The Bertz CT molecular complexity index is 1330. The average molecular weight is 447 g/mol. The summed E-state index contributed by atoms with van der Waals surface area (Å²) in [6, 6.07) is 31.2. The molecule has 3 aromatic carbocycles. The molecule has 4 aromatic rings. The molecule has 2 aliphatic rings.